The summed E-state index contributed by atoms with van der Waals surface area (Å²) in [6.07, 6.45) is 0. The SMILES string of the molecule is CC(=O)Nc1ccccc1CNC(C)c1ccc(Cl)s1. The van der Waals surface area contributed by atoms with Gasteiger partial charge < -0.3 is 10.6 Å². The zero-order valence-electron chi connectivity index (χ0n) is 11.4. The van der Waals surface area contributed by atoms with Gasteiger partial charge in [-0.05, 0) is 30.7 Å². The van der Waals surface area contributed by atoms with E-state index in [1.165, 1.54) is 11.8 Å². The van der Waals surface area contributed by atoms with Crippen LogP contribution in [0.4, 0.5) is 5.69 Å². The van der Waals surface area contributed by atoms with Crippen LogP contribution in [-0.4, -0.2) is 5.91 Å². The van der Waals surface area contributed by atoms with Gasteiger partial charge in [-0.2, -0.15) is 0 Å². The molecule has 2 aromatic rings. The molecule has 0 aliphatic rings. The molecule has 1 aromatic carbocycles. The topological polar surface area (TPSA) is 41.1 Å². The first-order chi connectivity index (χ1) is 9.56. The Hall–Kier alpha value is -1.36. The second kappa shape index (κ2) is 6.88. The van der Waals surface area contributed by atoms with Crippen LogP contribution >= 0.6 is 22.9 Å². The van der Waals surface area contributed by atoms with Gasteiger partial charge in [0, 0.05) is 30.1 Å². The smallest absolute Gasteiger partial charge is 0.221 e. The summed E-state index contributed by atoms with van der Waals surface area (Å²) in [5.74, 6) is -0.0597. The Bertz CT molecular complexity index is 597. The fourth-order valence-corrected chi connectivity index (χ4v) is 3.00. The molecule has 2 rings (SSSR count). The third-order valence-electron chi connectivity index (χ3n) is 2.95. The number of benzene rings is 1. The van der Waals surface area contributed by atoms with Gasteiger partial charge in [-0.3, -0.25) is 4.79 Å². The van der Waals surface area contributed by atoms with Crippen LogP contribution in [-0.2, 0) is 11.3 Å². The lowest BCUT2D eigenvalue weighted by Gasteiger charge is -2.15. The molecule has 0 fully saturated rings. The Morgan fingerprint density at radius 2 is 2.05 bits per heavy atom. The molecule has 5 heteroatoms. The van der Waals surface area contributed by atoms with E-state index in [9.17, 15) is 4.79 Å². The van der Waals surface area contributed by atoms with Crippen LogP contribution in [0.1, 0.15) is 30.3 Å². The monoisotopic (exact) mass is 308 g/mol. The van der Waals surface area contributed by atoms with E-state index in [2.05, 4.69) is 17.6 Å². The van der Waals surface area contributed by atoms with Crippen LogP contribution in [0.2, 0.25) is 4.34 Å². The predicted octanol–water partition coefficient (Wildman–Crippen LogP) is 4.21. The molecule has 1 aromatic heterocycles. The predicted molar refractivity (Wildman–Crippen MR) is 85.3 cm³/mol. The van der Waals surface area contributed by atoms with Gasteiger partial charge in [0.15, 0.2) is 0 Å². The Morgan fingerprint density at radius 1 is 1.30 bits per heavy atom. The molecule has 0 spiro atoms. The molecule has 1 heterocycles. The average molecular weight is 309 g/mol. The molecule has 0 saturated heterocycles. The maximum atomic E-state index is 11.2. The summed E-state index contributed by atoms with van der Waals surface area (Å²) in [6.45, 7) is 4.30. The lowest BCUT2D eigenvalue weighted by molar-refractivity contribution is -0.114. The number of carbonyl (C=O) groups excluding carboxylic acids is 1. The lowest BCUT2D eigenvalue weighted by atomic mass is 10.1. The van der Waals surface area contributed by atoms with Crippen molar-refractivity contribution in [3.63, 3.8) is 0 Å². The Morgan fingerprint density at radius 3 is 2.70 bits per heavy atom. The summed E-state index contributed by atoms with van der Waals surface area (Å²) in [4.78, 5) is 12.4. The van der Waals surface area contributed by atoms with E-state index in [-0.39, 0.29) is 11.9 Å². The van der Waals surface area contributed by atoms with Crippen molar-refractivity contribution < 1.29 is 4.79 Å². The molecule has 0 bridgehead atoms. The minimum absolute atomic E-state index is 0.0597. The van der Waals surface area contributed by atoms with Crippen LogP contribution in [0.3, 0.4) is 0 Å². The molecular formula is C15H17ClN2OS. The van der Waals surface area contributed by atoms with Crippen molar-refractivity contribution in [2.24, 2.45) is 0 Å². The van der Waals surface area contributed by atoms with Gasteiger partial charge in [-0.15, -0.1) is 11.3 Å². The van der Waals surface area contributed by atoms with Crippen LogP contribution in [0.25, 0.3) is 0 Å². The van der Waals surface area contributed by atoms with Crippen molar-refractivity contribution in [3.8, 4) is 0 Å². The number of para-hydroxylation sites is 1. The largest absolute Gasteiger partial charge is 0.326 e. The van der Waals surface area contributed by atoms with E-state index in [1.54, 1.807) is 11.3 Å². The number of carbonyl (C=O) groups is 1. The van der Waals surface area contributed by atoms with Gasteiger partial charge in [0.2, 0.25) is 5.91 Å². The normalized spacial score (nSPS) is 12.2. The first-order valence-electron chi connectivity index (χ1n) is 6.40. The third-order valence-corrected chi connectivity index (χ3v) is 4.36. The molecule has 0 radical (unpaired) electrons. The fraction of sp³-hybridized carbons (Fsp3) is 0.267. The van der Waals surface area contributed by atoms with Gasteiger partial charge in [0.25, 0.3) is 0 Å². The zero-order chi connectivity index (χ0) is 14.5. The number of hydrogen-bond donors (Lipinski definition) is 2. The number of amides is 1. The average Bonchev–Trinajstić information content (AvgIpc) is 2.83. The number of rotatable bonds is 5. The van der Waals surface area contributed by atoms with E-state index in [0.717, 1.165) is 15.6 Å². The van der Waals surface area contributed by atoms with Gasteiger partial charge >= 0.3 is 0 Å². The minimum Gasteiger partial charge on any atom is -0.326 e. The summed E-state index contributed by atoms with van der Waals surface area (Å²) >= 11 is 7.53. The molecule has 1 amide bonds. The lowest BCUT2D eigenvalue weighted by Crippen LogP contribution is -2.18. The quantitative estimate of drug-likeness (QED) is 0.868. The maximum absolute atomic E-state index is 11.2. The molecule has 0 saturated carbocycles. The third kappa shape index (κ3) is 4.07. The highest BCUT2D eigenvalue weighted by atomic mass is 35.5. The van der Waals surface area contributed by atoms with Gasteiger partial charge in [0.1, 0.15) is 0 Å². The van der Waals surface area contributed by atoms with Crippen molar-refractivity contribution in [2.75, 3.05) is 5.32 Å². The van der Waals surface area contributed by atoms with Crippen molar-refractivity contribution in [2.45, 2.75) is 26.4 Å². The van der Waals surface area contributed by atoms with Crippen LogP contribution < -0.4 is 10.6 Å². The number of halogens is 1. The Labute approximate surface area is 128 Å². The Balaban J connectivity index is 2.01. The molecule has 106 valence electrons. The molecule has 1 atom stereocenters. The molecule has 0 aliphatic carbocycles. The van der Waals surface area contributed by atoms with Crippen LogP contribution in [0.5, 0.6) is 0 Å². The van der Waals surface area contributed by atoms with E-state index in [4.69, 9.17) is 11.6 Å². The minimum atomic E-state index is -0.0597. The maximum Gasteiger partial charge on any atom is 0.221 e. The summed E-state index contributed by atoms with van der Waals surface area (Å²) in [7, 11) is 0. The van der Waals surface area contributed by atoms with E-state index >= 15 is 0 Å². The van der Waals surface area contributed by atoms with E-state index < -0.39 is 0 Å². The highest BCUT2D eigenvalue weighted by Crippen LogP contribution is 2.27. The number of nitrogens with one attached hydrogen (secondary N) is 2. The summed E-state index contributed by atoms with van der Waals surface area (Å²) in [5, 5.41) is 6.29. The number of hydrogen-bond acceptors (Lipinski definition) is 3. The molecule has 3 nitrogen and oxygen atoms in total. The Kier molecular flexibility index (Phi) is 5.17. The first kappa shape index (κ1) is 15.0. The van der Waals surface area contributed by atoms with Crippen molar-refractivity contribution in [1.82, 2.24) is 5.32 Å². The summed E-state index contributed by atoms with van der Waals surface area (Å²) in [6, 6.07) is 12.0. The van der Waals surface area contributed by atoms with E-state index in [1.807, 2.05) is 36.4 Å². The molecule has 1 unspecified atom stereocenters. The second-order valence-corrected chi connectivity index (χ2v) is 6.33. The van der Waals surface area contributed by atoms with Crippen LogP contribution in [0.15, 0.2) is 36.4 Å². The molecule has 2 N–H and O–H groups in total. The zero-order valence-corrected chi connectivity index (χ0v) is 13.0. The molecule has 20 heavy (non-hydrogen) atoms. The van der Waals surface area contributed by atoms with Crippen molar-refractivity contribution >= 4 is 34.5 Å². The number of thiophene rings is 1. The van der Waals surface area contributed by atoms with Crippen molar-refractivity contribution in [3.05, 3.63) is 51.2 Å². The van der Waals surface area contributed by atoms with Gasteiger partial charge in [-0.25, -0.2) is 0 Å². The summed E-state index contributed by atoms with van der Waals surface area (Å²) in [5.41, 5.74) is 1.92. The highest BCUT2D eigenvalue weighted by Gasteiger charge is 2.09. The van der Waals surface area contributed by atoms with Gasteiger partial charge in [0.05, 0.1) is 4.34 Å². The second-order valence-electron chi connectivity index (χ2n) is 4.58. The number of anilines is 1. The fourth-order valence-electron chi connectivity index (χ4n) is 1.91. The standard InChI is InChI=1S/C15H17ClN2OS/c1-10(14-7-8-15(16)20-14)17-9-12-5-3-4-6-13(12)18-11(2)19/h3-8,10,17H,9H2,1-2H3,(H,18,19). The van der Waals surface area contributed by atoms with E-state index in [0.29, 0.717) is 6.54 Å². The summed E-state index contributed by atoms with van der Waals surface area (Å²) < 4.78 is 0.798. The highest BCUT2D eigenvalue weighted by molar-refractivity contribution is 7.16. The van der Waals surface area contributed by atoms with Gasteiger partial charge in [-0.1, -0.05) is 29.8 Å². The van der Waals surface area contributed by atoms with Crippen molar-refractivity contribution in [1.29, 1.82) is 0 Å². The van der Waals surface area contributed by atoms with Crippen LogP contribution in [0, 0.1) is 0 Å². The molecular weight excluding hydrogens is 292 g/mol. The molecule has 0 aliphatic heterocycles. The first-order valence-corrected chi connectivity index (χ1v) is 7.60.